The molecule has 0 bridgehead atoms. The van der Waals surface area contributed by atoms with E-state index in [0.717, 1.165) is 17.0 Å². The lowest BCUT2D eigenvalue weighted by molar-refractivity contribution is -0.119. The van der Waals surface area contributed by atoms with Crippen LogP contribution in [0.1, 0.15) is 18.5 Å². The highest BCUT2D eigenvalue weighted by Crippen LogP contribution is 2.37. The highest BCUT2D eigenvalue weighted by atomic mass is 16.5. The van der Waals surface area contributed by atoms with Crippen molar-refractivity contribution in [1.29, 1.82) is 0 Å². The zero-order valence-corrected chi connectivity index (χ0v) is 9.78. The van der Waals surface area contributed by atoms with Gasteiger partial charge in [0, 0.05) is 18.2 Å². The largest absolute Gasteiger partial charge is 0.497 e. The van der Waals surface area contributed by atoms with Gasteiger partial charge in [0.25, 0.3) is 0 Å². The predicted octanol–water partition coefficient (Wildman–Crippen LogP) is 1.32. The van der Waals surface area contributed by atoms with E-state index in [9.17, 15) is 4.79 Å². The second-order valence-electron chi connectivity index (χ2n) is 3.73. The summed E-state index contributed by atoms with van der Waals surface area (Å²) in [6, 6.07) is 5.52. The molecule has 1 N–H and O–H groups in total. The molecule has 4 nitrogen and oxygen atoms in total. The van der Waals surface area contributed by atoms with Crippen LogP contribution in [0.25, 0.3) is 0 Å². The number of carbonyl (C=O) groups excluding carboxylic acids is 1. The maximum atomic E-state index is 12.0. The molecule has 1 aromatic carbocycles. The molecule has 1 unspecified atom stereocenters. The Bertz CT molecular complexity index is 417. The lowest BCUT2D eigenvalue weighted by atomic mass is 10.1. The molecule has 1 aromatic rings. The number of amides is 1. The number of fused-ring (bicyclic) bond motifs is 1. The van der Waals surface area contributed by atoms with E-state index < -0.39 is 0 Å². The fourth-order valence-corrected chi connectivity index (χ4v) is 2.14. The Balaban J connectivity index is 2.50. The summed E-state index contributed by atoms with van der Waals surface area (Å²) in [5, 5.41) is 3.04. The fraction of sp³-hybridized carbons (Fsp3) is 0.417. The molecular weight excluding hydrogens is 204 g/mol. The first kappa shape index (κ1) is 11.0. The third kappa shape index (κ3) is 1.46. The maximum Gasteiger partial charge on any atom is 0.248 e. The molecule has 0 aromatic heterocycles. The summed E-state index contributed by atoms with van der Waals surface area (Å²) in [5.41, 5.74) is 1.97. The maximum absolute atomic E-state index is 12.0. The van der Waals surface area contributed by atoms with Crippen molar-refractivity contribution in [2.75, 3.05) is 25.6 Å². The first-order valence-corrected chi connectivity index (χ1v) is 5.39. The van der Waals surface area contributed by atoms with Gasteiger partial charge < -0.3 is 15.0 Å². The van der Waals surface area contributed by atoms with E-state index in [1.165, 1.54) is 0 Å². The quantitative estimate of drug-likeness (QED) is 0.835. The van der Waals surface area contributed by atoms with Crippen molar-refractivity contribution in [3.05, 3.63) is 23.8 Å². The van der Waals surface area contributed by atoms with Gasteiger partial charge in [0.1, 0.15) is 11.8 Å². The number of anilines is 1. The van der Waals surface area contributed by atoms with Crippen LogP contribution in [0.4, 0.5) is 5.69 Å². The molecule has 1 aliphatic rings. The average Bonchev–Trinajstić information content (AvgIpc) is 2.59. The topological polar surface area (TPSA) is 41.6 Å². The first-order chi connectivity index (χ1) is 7.72. The van der Waals surface area contributed by atoms with Gasteiger partial charge in [-0.2, -0.15) is 0 Å². The van der Waals surface area contributed by atoms with Crippen LogP contribution in [0.5, 0.6) is 5.75 Å². The number of methoxy groups -OCH3 is 1. The van der Waals surface area contributed by atoms with Crippen molar-refractivity contribution in [3.63, 3.8) is 0 Å². The average molecular weight is 220 g/mol. The summed E-state index contributed by atoms with van der Waals surface area (Å²) in [5.74, 6) is 0.884. The van der Waals surface area contributed by atoms with Gasteiger partial charge in [-0.25, -0.2) is 0 Å². The summed E-state index contributed by atoms with van der Waals surface area (Å²) in [6.07, 6.45) is 0. The van der Waals surface area contributed by atoms with Crippen LogP contribution in [0, 0.1) is 0 Å². The van der Waals surface area contributed by atoms with E-state index >= 15 is 0 Å². The number of hydrogen-bond donors (Lipinski definition) is 1. The highest BCUT2D eigenvalue weighted by molar-refractivity contribution is 6.04. The second-order valence-corrected chi connectivity index (χ2v) is 3.73. The van der Waals surface area contributed by atoms with Gasteiger partial charge in [0.05, 0.1) is 12.8 Å². The number of rotatable bonds is 3. The normalized spacial score (nSPS) is 18.8. The lowest BCUT2D eigenvalue weighted by Gasteiger charge is -2.15. The molecule has 0 aliphatic carbocycles. The smallest absolute Gasteiger partial charge is 0.248 e. The molecule has 1 amide bonds. The minimum Gasteiger partial charge on any atom is -0.497 e. The minimum absolute atomic E-state index is 0.105. The van der Waals surface area contributed by atoms with Gasteiger partial charge in [0.15, 0.2) is 0 Å². The van der Waals surface area contributed by atoms with Gasteiger partial charge in [-0.1, -0.05) is 6.07 Å². The molecule has 0 saturated carbocycles. The number of likely N-dealkylation sites (N-methyl/N-ethyl adjacent to an activating group) is 2. The van der Waals surface area contributed by atoms with Crippen LogP contribution < -0.4 is 15.0 Å². The number of benzene rings is 1. The van der Waals surface area contributed by atoms with Crippen LogP contribution in [-0.4, -0.2) is 26.6 Å². The number of ether oxygens (including phenoxy) is 1. The van der Waals surface area contributed by atoms with Gasteiger partial charge in [-0.3, -0.25) is 4.79 Å². The van der Waals surface area contributed by atoms with Gasteiger partial charge in [-0.05, 0) is 20.0 Å². The van der Waals surface area contributed by atoms with Crippen LogP contribution >= 0.6 is 0 Å². The number of carbonyl (C=O) groups is 1. The van der Waals surface area contributed by atoms with Crippen molar-refractivity contribution >= 4 is 11.6 Å². The SMILES string of the molecule is CCN1C(=O)C(NC)c2ccc(OC)cc21. The van der Waals surface area contributed by atoms with Crippen LogP contribution in [0.3, 0.4) is 0 Å². The number of nitrogens with one attached hydrogen (secondary N) is 1. The Morgan fingerprint density at radius 2 is 2.25 bits per heavy atom. The summed E-state index contributed by atoms with van der Waals surface area (Å²) in [6.45, 7) is 2.65. The van der Waals surface area contributed by atoms with Crippen LogP contribution in [-0.2, 0) is 4.79 Å². The van der Waals surface area contributed by atoms with E-state index in [-0.39, 0.29) is 11.9 Å². The van der Waals surface area contributed by atoms with Gasteiger partial charge in [-0.15, -0.1) is 0 Å². The second kappa shape index (κ2) is 4.14. The van der Waals surface area contributed by atoms with E-state index in [1.54, 1.807) is 19.1 Å². The van der Waals surface area contributed by atoms with E-state index in [1.807, 2.05) is 25.1 Å². The Morgan fingerprint density at radius 1 is 1.50 bits per heavy atom. The summed E-state index contributed by atoms with van der Waals surface area (Å²) in [7, 11) is 3.43. The fourth-order valence-electron chi connectivity index (χ4n) is 2.14. The molecule has 4 heteroatoms. The summed E-state index contributed by atoms with van der Waals surface area (Å²) in [4.78, 5) is 13.8. The molecule has 0 radical (unpaired) electrons. The van der Waals surface area contributed by atoms with Gasteiger partial charge in [0.2, 0.25) is 5.91 Å². The van der Waals surface area contributed by atoms with Gasteiger partial charge >= 0.3 is 0 Å². The van der Waals surface area contributed by atoms with Crippen molar-refractivity contribution in [2.24, 2.45) is 0 Å². The zero-order valence-electron chi connectivity index (χ0n) is 9.78. The van der Waals surface area contributed by atoms with Crippen molar-refractivity contribution in [1.82, 2.24) is 5.32 Å². The lowest BCUT2D eigenvalue weighted by Crippen LogP contribution is -2.32. The molecule has 2 rings (SSSR count). The summed E-state index contributed by atoms with van der Waals surface area (Å²) >= 11 is 0. The molecule has 16 heavy (non-hydrogen) atoms. The van der Waals surface area contributed by atoms with Crippen molar-refractivity contribution in [3.8, 4) is 5.75 Å². The van der Waals surface area contributed by atoms with E-state index in [4.69, 9.17) is 4.74 Å². The number of nitrogens with zero attached hydrogens (tertiary/aromatic N) is 1. The van der Waals surface area contributed by atoms with E-state index in [0.29, 0.717) is 6.54 Å². The molecule has 86 valence electrons. The van der Waals surface area contributed by atoms with Crippen LogP contribution in [0.15, 0.2) is 18.2 Å². The zero-order chi connectivity index (χ0) is 11.7. The first-order valence-electron chi connectivity index (χ1n) is 5.39. The molecule has 0 spiro atoms. The Morgan fingerprint density at radius 3 is 2.81 bits per heavy atom. The molecule has 0 fully saturated rings. The summed E-state index contributed by atoms with van der Waals surface area (Å²) < 4.78 is 5.18. The predicted molar refractivity (Wildman–Crippen MR) is 62.8 cm³/mol. The highest BCUT2D eigenvalue weighted by Gasteiger charge is 2.35. The Kier molecular flexibility index (Phi) is 2.83. The van der Waals surface area contributed by atoms with E-state index in [2.05, 4.69) is 5.32 Å². The minimum atomic E-state index is -0.221. The molecule has 1 heterocycles. The third-order valence-electron chi connectivity index (χ3n) is 2.96. The standard InChI is InChI=1S/C12H16N2O2/c1-4-14-10-7-8(16-3)5-6-9(10)11(13-2)12(14)15/h5-7,11,13H,4H2,1-3H3. The van der Waals surface area contributed by atoms with Crippen LogP contribution in [0.2, 0.25) is 0 Å². The molecule has 1 atom stereocenters. The Labute approximate surface area is 95.2 Å². The Hall–Kier alpha value is -1.55. The monoisotopic (exact) mass is 220 g/mol. The van der Waals surface area contributed by atoms with Crippen molar-refractivity contribution < 1.29 is 9.53 Å². The number of hydrogen-bond acceptors (Lipinski definition) is 3. The molecule has 1 aliphatic heterocycles. The third-order valence-corrected chi connectivity index (χ3v) is 2.96. The molecular formula is C12H16N2O2. The van der Waals surface area contributed by atoms with Crippen molar-refractivity contribution in [2.45, 2.75) is 13.0 Å². The molecule has 0 saturated heterocycles.